The van der Waals surface area contributed by atoms with Gasteiger partial charge in [0.2, 0.25) is 0 Å². The SMILES string of the molecule is Cn1ncnc1CC(O)CSc1cccc(Br)c1. The first-order chi connectivity index (χ1) is 8.65. The van der Waals surface area contributed by atoms with E-state index in [1.807, 2.05) is 31.3 Å². The number of hydrogen-bond acceptors (Lipinski definition) is 4. The zero-order valence-electron chi connectivity index (χ0n) is 9.95. The average Bonchev–Trinajstić information content (AvgIpc) is 2.73. The van der Waals surface area contributed by atoms with Gasteiger partial charge < -0.3 is 5.11 Å². The third-order valence-corrected chi connectivity index (χ3v) is 4.09. The van der Waals surface area contributed by atoms with Crippen LogP contribution in [0.3, 0.4) is 0 Å². The third-order valence-electron chi connectivity index (χ3n) is 2.46. The lowest BCUT2D eigenvalue weighted by Gasteiger charge is -2.09. The summed E-state index contributed by atoms with van der Waals surface area (Å²) in [5.41, 5.74) is 0. The van der Waals surface area contributed by atoms with Crippen molar-refractivity contribution in [1.82, 2.24) is 14.8 Å². The Labute approximate surface area is 119 Å². The van der Waals surface area contributed by atoms with Gasteiger partial charge in [0.25, 0.3) is 0 Å². The van der Waals surface area contributed by atoms with E-state index in [9.17, 15) is 5.11 Å². The van der Waals surface area contributed by atoms with Crippen molar-refractivity contribution in [3.63, 3.8) is 0 Å². The van der Waals surface area contributed by atoms with Crippen LogP contribution in [0.1, 0.15) is 5.82 Å². The molecule has 1 aromatic carbocycles. The smallest absolute Gasteiger partial charge is 0.138 e. The van der Waals surface area contributed by atoms with Crippen molar-refractivity contribution < 1.29 is 5.11 Å². The highest BCUT2D eigenvalue weighted by molar-refractivity contribution is 9.10. The van der Waals surface area contributed by atoms with Crippen molar-refractivity contribution in [3.05, 3.63) is 40.9 Å². The highest BCUT2D eigenvalue weighted by atomic mass is 79.9. The van der Waals surface area contributed by atoms with Crippen molar-refractivity contribution >= 4 is 27.7 Å². The summed E-state index contributed by atoms with van der Waals surface area (Å²) in [6.07, 6.45) is 1.61. The van der Waals surface area contributed by atoms with Gasteiger partial charge in [-0.1, -0.05) is 22.0 Å². The van der Waals surface area contributed by atoms with E-state index in [4.69, 9.17) is 0 Å². The Balaban J connectivity index is 1.85. The molecule has 0 radical (unpaired) electrons. The number of benzene rings is 1. The number of aryl methyl sites for hydroxylation is 1. The van der Waals surface area contributed by atoms with Crippen LogP contribution in [-0.4, -0.2) is 31.7 Å². The molecule has 0 saturated carbocycles. The van der Waals surface area contributed by atoms with Gasteiger partial charge >= 0.3 is 0 Å². The van der Waals surface area contributed by atoms with Gasteiger partial charge in [-0.15, -0.1) is 11.8 Å². The first-order valence-corrected chi connectivity index (χ1v) is 7.32. The molecule has 1 atom stereocenters. The van der Waals surface area contributed by atoms with Crippen LogP contribution in [0.15, 0.2) is 40.0 Å². The number of aliphatic hydroxyl groups is 1. The van der Waals surface area contributed by atoms with Gasteiger partial charge in [-0.05, 0) is 18.2 Å². The van der Waals surface area contributed by atoms with Crippen LogP contribution in [-0.2, 0) is 13.5 Å². The fraction of sp³-hybridized carbons (Fsp3) is 0.333. The Kier molecular flexibility index (Phi) is 4.79. The molecule has 0 aliphatic rings. The second-order valence-corrected chi connectivity index (χ2v) is 5.94. The number of nitrogens with zero attached hydrogens (tertiary/aromatic N) is 3. The monoisotopic (exact) mass is 327 g/mol. The molecule has 0 aliphatic carbocycles. The lowest BCUT2D eigenvalue weighted by Crippen LogP contribution is -2.16. The molecule has 0 aliphatic heterocycles. The third kappa shape index (κ3) is 3.83. The second-order valence-electron chi connectivity index (χ2n) is 3.93. The van der Waals surface area contributed by atoms with Crippen LogP contribution in [0.5, 0.6) is 0 Å². The number of aliphatic hydroxyl groups excluding tert-OH is 1. The van der Waals surface area contributed by atoms with Gasteiger partial charge in [0.15, 0.2) is 0 Å². The molecule has 4 nitrogen and oxygen atoms in total. The first-order valence-electron chi connectivity index (χ1n) is 5.54. The van der Waals surface area contributed by atoms with Gasteiger partial charge in [-0.25, -0.2) is 4.98 Å². The molecule has 0 amide bonds. The van der Waals surface area contributed by atoms with E-state index in [0.29, 0.717) is 12.2 Å². The highest BCUT2D eigenvalue weighted by Crippen LogP contribution is 2.22. The molecule has 2 aromatic rings. The Hall–Kier alpha value is -0.850. The maximum atomic E-state index is 9.96. The lowest BCUT2D eigenvalue weighted by molar-refractivity contribution is 0.196. The molecule has 1 N–H and O–H groups in total. The second kappa shape index (κ2) is 6.36. The standard InChI is InChI=1S/C12H14BrN3OS/c1-16-12(14-8-15-16)6-10(17)7-18-11-4-2-3-9(13)5-11/h2-5,8,10,17H,6-7H2,1H3. The van der Waals surface area contributed by atoms with Gasteiger partial charge in [-0.2, -0.15) is 5.10 Å². The van der Waals surface area contributed by atoms with E-state index in [2.05, 4.69) is 26.0 Å². The summed E-state index contributed by atoms with van der Waals surface area (Å²) in [6, 6.07) is 8.05. The maximum Gasteiger partial charge on any atom is 0.138 e. The van der Waals surface area contributed by atoms with Crippen molar-refractivity contribution in [2.24, 2.45) is 7.05 Å². The summed E-state index contributed by atoms with van der Waals surface area (Å²) in [5.74, 6) is 1.45. The summed E-state index contributed by atoms with van der Waals surface area (Å²) in [7, 11) is 1.83. The molecule has 0 fully saturated rings. The summed E-state index contributed by atoms with van der Waals surface area (Å²) in [4.78, 5) is 5.24. The van der Waals surface area contributed by atoms with Crippen molar-refractivity contribution in [1.29, 1.82) is 0 Å². The normalized spacial score (nSPS) is 12.6. The van der Waals surface area contributed by atoms with Crippen LogP contribution >= 0.6 is 27.7 Å². The van der Waals surface area contributed by atoms with E-state index in [1.54, 1.807) is 16.4 Å². The van der Waals surface area contributed by atoms with Crippen molar-refractivity contribution in [3.8, 4) is 0 Å². The molecule has 0 spiro atoms. The summed E-state index contributed by atoms with van der Waals surface area (Å²) >= 11 is 5.06. The lowest BCUT2D eigenvalue weighted by atomic mass is 10.3. The molecule has 1 unspecified atom stereocenters. The largest absolute Gasteiger partial charge is 0.392 e. The van der Waals surface area contributed by atoms with Gasteiger partial charge in [0.1, 0.15) is 12.2 Å². The Morgan fingerprint density at radius 2 is 2.33 bits per heavy atom. The van der Waals surface area contributed by atoms with Gasteiger partial charge in [0, 0.05) is 28.6 Å². The van der Waals surface area contributed by atoms with Crippen molar-refractivity contribution in [2.75, 3.05) is 5.75 Å². The topological polar surface area (TPSA) is 50.9 Å². The van der Waals surface area contributed by atoms with E-state index < -0.39 is 6.10 Å². The number of aromatic nitrogens is 3. The molecular formula is C12H14BrN3OS. The van der Waals surface area contributed by atoms with E-state index in [0.717, 1.165) is 15.2 Å². The Bertz CT molecular complexity index is 518. The van der Waals surface area contributed by atoms with Crippen molar-refractivity contribution in [2.45, 2.75) is 17.4 Å². The minimum absolute atomic E-state index is 0.420. The minimum atomic E-state index is -0.420. The van der Waals surface area contributed by atoms with Gasteiger partial charge in [-0.3, -0.25) is 4.68 Å². The quantitative estimate of drug-likeness (QED) is 0.856. The number of rotatable bonds is 5. The molecular weight excluding hydrogens is 314 g/mol. The summed E-state index contributed by atoms with van der Waals surface area (Å²) in [5, 5.41) is 13.9. The number of thioether (sulfide) groups is 1. The Morgan fingerprint density at radius 3 is 3.00 bits per heavy atom. The van der Waals surface area contributed by atoms with Crippen LogP contribution in [0.4, 0.5) is 0 Å². The van der Waals surface area contributed by atoms with Gasteiger partial charge in [0.05, 0.1) is 6.10 Å². The fourth-order valence-corrected chi connectivity index (χ4v) is 2.96. The van der Waals surface area contributed by atoms with E-state index in [1.165, 1.54) is 6.33 Å². The fourth-order valence-electron chi connectivity index (χ4n) is 1.52. The summed E-state index contributed by atoms with van der Waals surface area (Å²) in [6.45, 7) is 0. The van der Waals surface area contributed by atoms with Crippen LogP contribution < -0.4 is 0 Å². The number of halogens is 1. The molecule has 18 heavy (non-hydrogen) atoms. The maximum absolute atomic E-state index is 9.96. The summed E-state index contributed by atoms with van der Waals surface area (Å²) < 4.78 is 2.74. The molecule has 6 heteroatoms. The zero-order chi connectivity index (χ0) is 13.0. The molecule has 0 bridgehead atoms. The predicted octanol–water partition coefficient (Wildman–Crippen LogP) is 2.27. The molecule has 96 valence electrons. The highest BCUT2D eigenvalue weighted by Gasteiger charge is 2.10. The predicted molar refractivity (Wildman–Crippen MR) is 75.6 cm³/mol. The molecule has 2 rings (SSSR count). The molecule has 1 aromatic heterocycles. The Morgan fingerprint density at radius 1 is 1.50 bits per heavy atom. The molecule has 0 saturated heterocycles. The van der Waals surface area contributed by atoms with E-state index >= 15 is 0 Å². The number of hydrogen-bond donors (Lipinski definition) is 1. The van der Waals surface area contributed by atoms with Crippen LogP contribution in [0, 0.1) is 0 Å². The molecule has 1 heterocycles. The minimum Gasteiger partial charge on any atom is -0.392 e. The van der Waals surface area contributed by atoms with Crippen LogP contribution in [0.25, 0.3) is 0 Å². The van der Waals surface area contributed by atoms with Crippen LogP contribution in [0.2, 0.25) is 0 Å². The first kappa shape index (κ1) is 13.6. The average molecular weight is 328 g/mol. The van der Waals surface area contributed by atoms with E-state index in [-0.39, 0.29) is 0 Å². The zero-order valence-corrected chi connectivity index (χ0v) is 12.4.